The molecule has 11 nitrogen and oxygen atoms in total. The van der Waals surface area contributed by atoms with Crippen LogP contribution in [0.5, 0.6) is 0 Å². The molecule has 1 saturated heterocycles. The number of amides is 3. The van der Waals surface area contributed by atoms with E-state index in [4.69, 9.17) is 9.29 Å². The highest BCUT2D eigenvalue weighted by Crippen LogP contribution is 2.13. The molecule has 1 atom stereocenters. The summed E-state index contributed by atoms with van der Waals surface area (Å²) < 4.78 is 35.7. The van der Waals surface area contributed by atoms with Crippen LogP contribution < -0.4 is 5.32 Å². The molecule has 0 radical (unpaired) electrons. The number of alkyl carbamates (subject to hydrolysis) is 1. The smallest absolute Gasteiger partial charge is 0.408 e. The third-order valence-electron chi connectivity index (χ3n) is 2.54. The van der Waals surface area contributed by atoms with Gasteiger partial charge in [-0.25, -0.2) is 9.59 Å². The van der Waals surface area contributed by atoms with Crippen LogP contribution in [0.3, 0.4) is 0 Å². The Morgan fingerprint density at radius 2 is 1.75 bits per heavy atom. The Hall–Kier alpha value is -2.21. The quantitative estimate of drug-likeness (QED) is 0.478. The Morgan fingerprint density at radius 1 is 1.25 bits per heavy atom. The molecular formula is C12H18N2O9S. The van der Waals surface area contributed by atoms with E-state index in [1.807, 2.05) is 5.32 Å². The topological polar surface area (TPSA) is 156 Å². The first kappa shape index (κ1) is 19.8. The monoisotopic (exact) mass is 366 g/mol. The fraction of sp³-hybridized carbons (Fsp3) is 0.667. The lowest BCUT2D eigenvalue weighted by molar-refractivity contribution is -0.198. The predicted octanol–water partition coefficient (Wildman–Crippen LogP) is -0.625. The van der Waals surface area contributed by atoms with Gasteiger partial charge in [0.05, 0.1) is 0 Å². The summed E-state index contributed by atoms with van der Waals surface area (Å²) in [6.45, 7) is 4.60. The van der Waals surface area contributed by atoms with Crippen molar-refractivity contribution in [3.8, 4) is 0 Å². The summed E-state index contributed by atoms with van der Waals surface area (Å²) in [5, 5.41) is 2.10. The molecule has 2 N–H and O–H groups in total. The van der Waals surface area contributed by atoms with Gasteiger partial charge in [-0.3, -0.25) is 14.1 Å². The van der Waals surface area contributed by atoms with Gasteiger partial charge in [-0.2, -0.15) is 8.42 Å². The number of carbonyl (C=O) groups is 4. The molecule has 0 spiro atoms. The Bertz CT molecular complexity index is 634. The summed E-state index contributed by atoms with van der Waals surface area (Å²) in [7, 11) is -4.68. The number of rotatable bonds is 5. The molecule has 1 aliphatic heterocycles. The lowest BCUT2D eigenvalue weighted by Gasteiger charge is -2.23. The number of hydrogen-bond acceptors (Lipinski definition) is 8. The number of imide groups is 1. The largest absolute Gasteiger partial charge is 0.444 e. The minimum atomic E-state index is -4.68. The van der Waals surface area contributed by atoms with E-state index in [-0.39, 0.29) is 17.9 Å². The number of nitrogens with zero attached hydrogens (tertiary/aromatic N) is 1. The zero-order valence-electron chi connectivity index (χ0n) is 13.3. The lowest BCUT2D eigenvalue weighted by atomic mass is 10.2. The number of carbonyl (C=O) groups excluding carboxylic acids is 4. The summed E-state index contributed by atoms with van der Waals surface area (Å²) in [6, 6.07) is -1.88. The minimum Gasteiger partial charge on any atom is -0.444 e. The van der Waals surface area contributed by atoms with E-state index in [1.165, 1.54) is 20.8 Å². The van der Waals surface area contributed by atoms with Crippen LogP contribution >= 0.6 is 0 Å². The molecule has 3 amide bonds. The molecule has 0 bridgehead atoms. The van der Waals surface area contributed by atoms with Gasteiger partial charge in [0.1, 0.15) is 17.4 Å². The Labute approximate surface area is 138 Å². The van der Waals surface area contributed by atoms with Crippen LogP contribution in [-0.2, 0) is 34.1 Å². The van der Waals surface area contributed by atoms with Crippen molar-refractivity contribution < 1.29 is 41.7 Å². The van der Waals surface area contributed by atoms with Gasteiger partial charge < -0.3 is 14.9 Å². The zero-order chi connectivity index (χ0) is 18.7. The van der Waals surface area contributed by atoms with Crippen molar-refractivity contribution >= 4 is 34.0 Å². The standard InChI is InChI=1S/C12H18N2O9S/c1-12(2,3)22-11(18)13-7(6-24(19,20)21)10(17)23-14-8(15)4-5-9(14)16/h7H,4-6H2,1-3H3,(H,13,18)(H,19,20,21)/t7-/m0/s1. The zero-order valence-corrected chi connectivity index (χ0v) is 14.1. The van der Waals surface area contributed by atoms with Gasteiger partial charge in [0.15, 0.2) is 0 Å². The second-order valence-corrected chi connectivity index (χ2v) is 7.44. The number of ether oxygens (including phenoxy) is 1. The van der Waals surface area contributed by atoms with Gasteiger partial charge in [-0.05, 0) is 20.8 Å². The third-order valence-corrected chi connectivity index (χ3v) is 3.29. The highest BCUT2D eigenvalue weighted by Gasteiger charge is 2.37. The van der Waals surface area contributed by atoms with E-state index < -0.39 is 51.4 Å². The molecule has 0 aromatic carbocycles. The van der Waals surface area contributed by atoms with Crippen molar-refractivity contribution in [3.05, 3.63) is 0 Å². The molecule has 0 unspecified atom stereocenters. The first-order chi connectivity index (χ1) is 10.8. The van der Waals surface area contributed by atoms with Gasteiger partial charge in [-0.1, -0.05) is 0 Å². The Balaban J connectivity index is 2.84. The van der Waals surface area contributed by atoms with Crippen molar-refractivity contribution in [2.24, 2.45) is 0 Å². The van der Waals surface area contributed by atoms with Crippen molar-refractivity contribution in [1.82, 2.24) is 10.4 Å². The van der Waals surface area contributed by atoms with Gasteiger partial charge >= 0.3 is 12.1 Å². The van der Waals surface area contributed by atoms with Crippen molar-refractivity contribution in [1.29, 1.82) is 0 Å². The fourth-order valence-corrected chi connectivity index (χ4v) is 2.28. The van der Waals surface area contributed by atoms with Crippen LogP contribution in [0.25, 0.3) is 0 Å². The second kappa shape index (κ2) is 7.13. The molecule has 1 heterocycles. The number of nitrogens with one attached hydrogen (secondary N) is 1. The van der Waals surface area contributed by atoms with E-state index in [0.29, 0.717) is 0 Å². The van der Waals surface area contributed by atoms with Crippen LogP contribution in [0.1, 0.15) is 33.6 Å². The average Bonchev–Trinajstić information content (AvgIpc) is 2.65. The number of hydroxylamine groups is 2. The van der Waals surface area contributed by atoms with E-state index in [2.05, 4.69) is 4.84 Å². The van der Waals surface area contributed by atoms with Gasteiger partial charge in [0, 0.05) is 12.8 Å². The molecular weight excluding hydrogens is 348 g/mol. The molecule has 0 saturated carbocycles. The minimum absolute atomic E-state index is 0.158. The van der Waals surface area contributed by atoms with Crippen molar-refractivity contribution in [2.45, 2.75) is 45.3 Å². The van der Waals surface area contributed by atoms with E-state index >= 15 is 0 Å². The molecule has 0 aromatic rings. The molecule has 1 aliphatic rings. The SMILES string of the molecule is CC(C)(C)OC(=O)N[C@@H](CS(=O)(=O)O)C(=O)ON1C(=O)CCC1=O. The van der Waals surface area contributed by atoms with Crippen LogP contribution in [0, 0.1) is 0 Å². The lowest BCUT2D eigenvalue weighted by Crippen LogP contribution is -2.49. The van der Waals surface area contributed by atoms with Crippen LogP contribution in [-0.4, -0.2) is 59.3 Å². The van der Waals surface area contributed by atoms with Gasteiger partial charge in [0.25, 0.3) is 21.9 Å². The van der Waals surface area contributed by atoms with Crippen molar-refractivity contribution in [3.63, 3.8) is 0 Å². The molecule has 24 heavy (non-hydrogen) atoms. The first-order valence-electron chi connectivity index (χ1n) is 6.81. The summed E-state index contributed by atoms with van der Waals surface area (Å²) in [5.74, 6) is -4.20. The predicted molar refractivity (Wildman–Crippen MR) is 76.8 cm³/mol. The summed E-state index contributed by atoms with van der Waals surface area (Å²) >= 11 is 0. The molecule has 136 valence electrons. The molecule has 1 fully saturated rings. The van der Waals surface area contributed by atoms with Crippen LogP contribution in [0.2, 0.25) is 0 Å². The van der Waals surface area contributed by atoms with E-state index in [1.54, 1.807) is 0 Å². The second-order valence-electron chi connectivity index (χ2n) is 5.94. The normalized spacial score (nSPS) is 16.8. The molecule has 12 heteroatoms. The van der Waals surface area contributed by atoms with Gasteiger partial charge in [0.2, 0.25) is 0 Å². The Morgan fingerprint density at radius 3 is 2.17 bits per heavy atom. The summed E-state index contributed by atoms with van der Waals surface area (Å²) in [5.41, 5.74) is -0.933. The molecule has 0 aromatic heterocycles. The maximum Gasteiger partial charge on any atom is 0.408 e. The molecule has 1 rings (SSSR count). The average molecular weight is 366 g/mol. The highest BCUT2D eigenvalue weighted by atomic mass is 32.2. The third kappa shape index (κ3) is 6.50. The maximum absolute atomic E-state index is 12.0. The van der Waals surface area contributed by atoms with Crippen LogP contribution in [0.15, 0.2) is 0 Å². The summed E-state index contributed by atoms with van der Waals surface area (Å²) in [4.78, 5) is 50.9. The van der Waals surface area contributed by atoms with Crippen LogP contribution in [0.4, 0.5) is 4.79 Å². The fourth-order valence-electron chi connectivity index (χ4n) is 1.64. The van der Waals surface area contributed by atoms with E-state index in [0.717, 1.165) is 0 Å². The maximum atomic E-state index is 12.0. The number of hydrogen-bond donors (Lipinski definition) is 2. The Kier molecular flexibility index (Phi) is 5.89. The van der Waals surface area contributed by atoms with Gasteiger partial charge in [-0.15, -0.1) is 5.06 Å². The van der Waals surface area contributed by atoms with E-state index in [9.17, 15) is 27.6 Å². The summed E-state index contributed by atoms with van der Waals surface area (Å²) in [6.07, 6.45) is -1.46. The highest BCUT2D eigenvalue weighted by molar-refractivity contribution is 7.85. The van der Waals surface area contributed by atoms with Crippen molar-refractivity contribution in [2.75, 3.05) is 5.75 Å². The molecule has 0 aliphatic carbocycles. The first-order valence-corrected chi connectivity index (χ1v) is 8.42.